The lowest BCUT2D eigenvalue weighted by molar-refractivity contribution is 0.664. The fourth-order valence-electron chi connectivity index (χ4n) is 0.744. The van der Waals surface area contributed by atoms with Crippen LogP contribution in [0.15, 0.2) is 0 Å². The lowest BCUT2D eigenvalue weighted by Gasteiger charge is -1.95. The Morgan fingerprint density at radius 1 is 2.00 bits per heavy atom. The molecule has 1 heteroatoms. The molecule has 0 amide bonds. The zero-order valence-corrected chi connectivity index (χ0v) is 4.12. The standard InChI is InChI=1S/C5H11N/c1-5-3-2-4-6-5/h5-6H,2-4H2,1H3/t5-/m1/s1/i5D. The minimum atomic E-state index is -0.306. The summed E-state index contributed by atoms with van der Waals surface area (Å²) in [5.41, 5.74) is 0. The molecule has 0 saturated carbocycles. The van der Waals surface area contributed by atoms with Gasteiger partial charge < -0.3 is 5.32 Å². The fourth-order valence-corrected chi connectivity index (χ4v) is 0.744. The van der Waals surface area contributed by atoms with Gasteiger partial charge in [-0.1, -0.05) is 0 Å². The van der Waals surface area contributed by atoms with Crippen LogP contribution in [-0.2, 0) is 0 Å². The summed E-state index contributed by atoms with van der Waals surface area (Å²) in [6.07, 6.45) is 2.17. The van der Waals surface area contributed by atoms with Crippen molar-refractivity contribution in [2.45, 2.75) is 25.8 Å². The number of nitrogens with one attached hydrogen (secondary N) is 1. The van der Waals surface area contributed by atoms with Gasteiger partial charge >= 0.3 is 0 Å². The van der Waals surface area contributed by atoms with Gasteiger partial charge in [0.05, 0.1) is 0 Å². The van der Waals surface area contributed by atoms with Gasteiger partial charge in [0.25, 0.3) is 0 Å². The second kappa shape index (κ2) is 1.61. The highest BCUT2D eigenvalue weighted by atomic mass is 14.9. The molecule has 0 aliphatic carbocycles. The molecule has 0 spiro atoms. The molecule has 1 rings (SSSR count). The number of hydrogen-bond donors (Lipinski definition) is 1. The lowest BCUT2D eigenvalue weighted by Crippen LogP contribution is -2.16. The van der Waals surface area contributed by atoms with E-state index in [-0.39, 0.29) is 6.02 Å². The van der Waals surface area contributed by atoms with Crippen LogP contribution >= 0.6 is 0 Å². The fraction of sp³-hybridized carbons (Fsp3) is 1.00. The van der Waals surface area contributed by atoms with Gasteiger partial charge in [-0.15, -0.1) is 0 Å². The van der Waals surface area contributed by atoms with Crippen molar-refractivity contribution in [3.63, 3.8) is 0 Å². The van der Waals surface area contributed by atoms with Gasteiger partial charge in [0.15, 0.2) is 0 Å². The molecule has 0 aromatic carbocycles. The van der Waals surface area contributed by atoms with E-state index in [1.165, 1.54) is 6.42 Å². The van der Waals surface area contributed by atoms with Crippen molar-refractivity contribution in [3.05, 3.63) is 0 Å². The SMILES string of the molecule is [2H][C@@]1(C)CCCN1. The van der Waals surface area contributed by atoms with E-state index in [1.54, 1.807) is 0 Å². The molecule has 1 N–H and O–H groups in total. The van der Waals surface area contributed by atoms with Gasteiger partial charge in [-0.2, -0.15) is 0 Å². The molecule has 1 aliphatic heterocycles. The third-order valence-corrected chi connectivity index (χ3v) is 1.16. The summed E-state index contributed by atoms with van der Waals surface area (Å²) >= 11 is 0. The van der Waals surface area contributed by atoms with E-state index in [4.69, 9.17) is 1.37 Å². The lowest BCUT2D eigenvalue weighted by atomic mass is 10.3. The van der Waals surface area contributed by atoms with Gasteiger partial charge in [-0.3, -0.25) is 0 Å². The highest BCUT2D eigenvalue weighted by Gasteiger charge is 2.05. The maximum atomic E-state index is 7.38. The molecule has 1 heterocycles. The molecule has 0 bridgehead atoms. The van der Waals surface area contributed by atoms with Crippen molar-refractivity contribution in [1.82, 2.24) is 5.32 Å². The molecule has 1 saturated heterocycles. The zero-order valence-electron chi connectivity index (χ0n) is 5.12. The van der Waals surface area contributed by atoms with Crippen LogP contribution in [0.4, 0.5) is 0 Å². The summed E-state index contributed by atoms with van der Waals surface area (Å²) in [5, 5.41) is 3.06. The highest BCUT2D eigenvalue weighted by Crippen LogP contribution is 2.01. The smallest absolute Gasteiger partial charge is 0.0462 e. The first-order chi connectivity index (χ1) is 3.21. The van der Waals surface area contributed by atoms with E-state index in [9.17, 15) is 0 Å². The minimum absolute atomic E-state index is 0.306. The van der Waals surface area contributed by atoms with Crippen molar-refractivity contribution in [3.8, 4) is 0 Å². The van der Waals surface area contributed by atoms with E-state index in [0.29, 0.717) is 0 Å². The van der Waals surface area contributed by atoms with Crippen LogP contribution in [0, 0.1) is 0 Å². The first-order valence-electron chi connectivity index (χ1n) is 2.96. The van der Waals surface area contributed by atoms with Crippen LogP contribution in [0.2, 0.25) is 0 Å². The Labute approximate surface area is 40.1 Å². The second-order valence-electron chi connectivity index (χ2n) is 1.81. The van der Waals surface area contributed by atoms with E-state index in [0.717, 1.165) is 13.0 Å². The Hall–Kier alpha value is -0.0400. The van der Waals surface area contributed by atoms with Crippen molar-refractivity contribution in [1.29, 1.82) is 0 Å². The second-order valence-corrected chi connectivity index (χ2v) is 1.81. The van der Waals surface area contributed by atoms with E-state index in [2.05, 4.69) is 5.32 Å². The Morgan fingerprint density at radius 2 is 2.83 bits per heavy atom. The highest BCUT2D eigenvalue weighted by molar-refractivity contribution is 4.67. The Morgan fingerprint density at radius 3 is 3.00 bits per heavy atom. The van der Waals surface area contributed by atoms with Crippen LogP contribution < -0.4 is 5.32 Å². The van der Waals surface area contributed by atoms with E-state index in [1.807, 2.05) is 6.92 Å². The van der Waals surface area contributed by atoms with E-state index >= 15 is 0 Å². The minimum Gasteiger partial charge on any atom is -0.314 e. The summed E-state index contributed by atoms with van der Waals surface area (Å²) in [6, 6.07) is -0.306. The molecule has 1 aliphatic rings. The van der Waals surface area contributed by atoms with Crippen LogP contribution in [0.3, 0.4) is 0 Å². The van der Waals surface area contributed by atoms with Crippen molar-refractivity contribution < 1.29 is 1.37 Å². The third kappa shape index (κ3) is 0.716. The van der Waals surface area contributed by atoms with Crippen LogP contribution in [0.25, 0.3) is 0 Å². The maximum Gasteiger partial charge on any atom is 0.0462 e. The van der Waals surface area contributed by atoms with Gasteiger partial charge in [-0.05, 0) is 26.3 Å². The average Bonchev–Trinajstić information content (AvgIpc) is 1.84. The maximum absolute atomic E-state index is 7.38. The molecule has 0 aromatic rings. The van der Waals surface area contributed by atoms with Gasteiger partial charge in [-0.25, -0.2) is 0 Å². The molecule has 1 atom stereocenters. The van der Waals surface area contributed by atoms with Crippen LogP contribution in [0.1, 0.15) is 21.1 Å². The van der Waals surface area contributed by atoms with Crippen molar-refractivity contribution in [2.75, 3.05) is 6.54 Å². The molecule has 0 unspecified atom stereocenters. The van der Waals surface area contributed by atoms with Crippen molar-refractivity contribution in [2.24, 2.45) is 0 Å². The molecule has 1 fully saturated rings. The summed E-state index contributed by atoms with van der Waals surface area (Å²) < 4.78 is 7.38. The predicted molar refractivity (Wildman–Crippen MR) is 26.7 cm³/mol. The molecular weight excluding hydrogens is 74.1 g/mol. The zero-order chi connectivity index (χ0) is 5.33. The molecule has 1 nitrogen and oxygen atoms in total. The first-order valence-corrected chi connectivity index (χ1v) is 2.46. The first kappa shape index (κ1) is 3.03. The number of rotatable bonds is 0. The molecular formula is C5H11N. The van der Waals surface area contributed by atoms with Gasteiger partial charge in [0.2, 0.25) is 0 Å². The summed E-state index contributed by atoms with van der Waals surface area (Å²) in [5.74, 6) is 0. The Bertz CT molecular complexity index is 62.5. The molecule has 6 heavy (non-hydrogen) atoms. The summed E-state index contributed by atoms with van der Waals surface area (Å²) in [7, 11) is 0. The normalized spacial score (nSPS) is 49.2. The largest absolute Gasteiger partial charge is 0.314 e. The van der Waals surface area contributed by atoms with Crippen LogP contribution in [0.5, 0.6) is 0 Å². The monoisotopic (exact) mass is 86.1 g/mol. The average molecular weight is 86.2 g/mol. The summed E-state index contributed by atoms with van der Waals surface area (Å²) in [6.45, 7) is 2.94. The van der Waals surface area contributed by atoms with E-state index < -0.39 is 0 Å². The predicted octanol–water partition coefficient (Wildman–Crippen LogP) is 0.758. The molecule has 0 aromatic heterocycles. The van der Waals surface area contributed by atoms with Gasteiger partial charge in [0, 0.05) is 7.39 Å². The Kier molecular flexibility index (Phi) is 0.810. The molecule has 36 valence electrons. The Balaban J connectivity index is 2.40. The summed E-state index contributed by atoms with van der Waals surface area (Å²) in [4.78, 5) is 0. The number of hydrogen-bond acceptors (Lipinski definition) is 1. The quantitative estimate of drug-likeness (QED) is 0.459. The van der Waals surface area contributed by atoms with Crippen molar-refractivity contribution >= 4 is 0 Å². The third-order valence-electron chi connectivity index (χ3n) is 1.16. The van der Waals surface area contributed by atoms with Gasteiger partial charge in [0.1, 0.15) is 0 Å². The van der Waals surface area contributed by atoms with Crippen LogP contribution in [-0.4, -0.2) is 12.6 Å². The topological polar surface area (TPSA) is 12.0 Å². The molecule has 0 radical (unpaired) electrons.